The summed E-state index contributed by atoms with van der Waals surface area (Å²) in [5.74, 6) is -0.337. The fraction of sp³-hybridized carbons (Fsp3) is 0.333. The second-order valence-electron chi connectivity index (χ2n) is 4.87. The Morgan fingerprint density at radius 2 is 2.00 bits per heavy atom. The lowest BCUT2D eigenvalue weighted by atomic mass is 10.1. The summed E-state index contributed by atoms with van der Waals surface area (Å²) in [5.41, 5.74) is 3.86. The molecule has 0 atom stereocenters. The summed E-state index contributed by atoms with van der Waals surface area (Å²) in [4.78, 5) is 10.9. The summed E-state index contributed by atoms with van der Waals surface area (Å²) < 4.78 is 2.98. The number of aryl methyl sites for hydroxylation is 1. The molecule has 5 nitrogen and oxygen atoms in total. The highest BCUT2D eigenvalue weighted by Gasteiger charge is 2.02. The van der Waals surface area contributed by atoms with Gasteiger partial charge in [0.25, 0.3) is 0 Å². The molecule has 0 bridgehead atoms. The molecule has 2 rings (SSSR count). The van der Waals surface area contributed by atoms with Crippen LogP contribution in [-0.4, -0.2) is 20.9 Å². The maximum Gasteiger partial charge on any atom is 0.243 e. The Bertz CT molecular complexity index is 581. The molecule has 1 aromatic carbocycles. The summed E-state index contributed by atoms with van der Waals surface area (Å²) >= 11 is 3.42. The van der Waals surface area contributed by atoms with Crippen LogP contribution in [0.1, 0.15) is 30.5 Å². The van der Waals surface area contributed by atoms with Crippen molar-refractivity contribution >= 4 is 21.8 Å². The van der Waals surface area contributed by atoms with Crippen LogP contribution in [0.5, 0.6) is 0 Å². The van der Waals surface area contributed by atoms with Crippen molar-refractivity contribution in [1.29, 1.82) is 0 Å². The van der Waals surface area contributed by atoms with Crippen LogP contribution in [0.4, 0.5) is 0 Å². The highest BCUT2D eigenvalue weighted by atomic mass is 79.9. The second kappa shape index (κ2) is 7.95. The number of amides is 1. The number of nitrogens with one attached hydrogen (secondary N) is 1. The third-order valence-corrected chi connectivity index (χ3v) is 3.69. The average Bonchev–Trinajstić information content (AvgIpc) is 2.93. The minimum absolute atomic E-state index is 0.337. The van der Waals surface area contributed by atoms with Crippen molar-refractivity contribution in [2.45, 2.75) is 32.2 Å². The summed E-state index contributed by atoms with van der Waals surface area (Å²) in [7, 11) is 0. The van der Waals surface area contributed by atoms with E-state index >= 15 is 0 Å². The Labute approximate surface area is 132 Å². The van der Waals surface area contributed by atoms with Gasteiger partial charge >= 0.3 is 0 Å². The number of carbonyl (C=O) groups excluding carboxylic acids is 1. The zero-order chi connectivity index (χ0) is 15.1. The van der Waals surface area contributed by atoms with Crippen LogP contribution in [0, 0.1) is 0 Å². The van der Waals surface area contributed by atoms with Gasteiger partial charge in [-0.05, 0) is 43.0 Å². The minimum atomic E-state index is -0.337. The maximum absolute atomic E-state index is 10.9. The number of unbranched alkanes of at least 4 members (excludes halogenated alkanes) is 1. The zero-order valence-corrected chi connectivity index (χ0v) is 13.2. The zero-order valence-electron chi connectivity index (χ0n) is 11.6. The molecule has 112 valence electrons. The van der Waals surface area contributed by atoms with Gasteiger partial charge < -0.3 is 0 Å². The lowest BCUT2D eigenvalue weighted by Crippen LogP contribution is -2.17. The molecule has 0 radical (unpaired) electrons. The predicted molar refractivity (Wildman–Crippen MR) is 83.0 cm³/mol. The van der Waals surface area contributed by atoms with E-state index in [0.29, 0.717) is 6.42 Å². The van der Waals surface area contributed by atoms with Crippen molar-refractivity contribution in [3.8, 4) is 0 Å². The first-order valence-electron chi connectivity index (χ1n) is 6.87. The fourth-order valence-corrected chi connectivity index (χ4v) is 2.31. The van der Waals surface area contributed by atoms with E-state index in [4.69, 9.17) is 5.21 Å². The van der Waals surface area contributed by atoms with Crippen LogP contribution in [0.3, 0.4) is 0 Å². The first-order valence-corrected chi connectivity index (χ1v) is 7.66. The number of carbonyl (C=O) groups is 1. The van der Waals surface area contributed by atoms with Crippen molar-refractivity contribution in [2.24, 2.45) is 0 Å². The topological polar surface area (TPSA) is 67.2 Å². The Hall–Kier alpha value is -1.66. The molecule has 0 aliphatic rings. The standard InChI is InChI=1S/C15H18BrN3O2/c16-13-7-5-12(6-8-13)11-19-10-9-14(17-19)3-1-2-4-15(20)18-21/h5-10,21H,1-4,11H2,(H,18,20). The normalized spacial score (nSPS) is 10.6. The van der Waals surface area contributed by atoms with Gasteiger partial charge in [0.05, 0.1) is 12.2 Å². The van der Waals surface area contributed by atoms with Crippen LogP contribution in [0.25, 0.3) is 0 Å². The molecular weight excluding hydrogens is 334 g/mol. The molecule has 0 fully saturated rings. The van der Waals surface area contributed by atoms with E-state index in [2.05, 4.69) is 33.2 Å². The van der Waals surface area contributed by atoms with Crippen molar-refractivity contribution < 1.29 is 10.0 Å². The van der Waals surface area contributed by atoms with Crippen molar-refractivity contribution in [2.75, 3.05) is 0 Å². The van der Waals surface area contributed by atoms with E-state index in [9.17, 15) is 4.79 Å². The molecule has 0 aliphatic carbocycles. The van der Waals surface area contributed by atoms with Gasteiger partial charge in [-0.3, -0.25) is 14.7 Å². The van der Waals surface area contributed by atoms with Crippen LogP contribution >= 0.6 is 15.9 Å². The van der Waals surface area contributed by atoms with E-state index in [1.807, 2.05) is 29.1 Å². The molecule has 0 saturated heterocycles. The van der Waals surface area contributed by atoms with E-state index in [1.54, 1.807) is 5.48 Å². The highest BCUT2D eigenvalue weighted by Crippen LogP contribution is 2.12. The van der Waals surface area contributed by atoms with Crippen LogP contribution < -0.4 is 5.48 Å². The maximum atomic E-state index is 10.9. The number of hydroxylamine groups is 1. The Kier molecular flexibility index (Phi) is 5.95. The summed E-state index contributed by atoms with van der Waals surface area (Å²) in [6, 6.07) is 10.2. The highest BCUT2D eigenvalue weighted by molar-refractivity contribution is 9.10. The monoisotopic (exact) mass is 351 g/mol. The summed E-state index contributed by atoms with van der Waals surface area (Å²) in [5, 5.41) is 12.9. The molecule has 0 unspecified atom stereocenters. The molecule has 2 aromatic rings. The van der Waals surface area contributed by atoms with Gasteiger partial charge in [-0.1, -0.05) is 28.1 Å². The van der Waals surface area contributed by atoms with Gasteiger partial charge in [-0.2, -0.15) is 5.10 Å². The largest absolute Gasteiger partial charge is 0.289 e. The lowest BCUT2D eigenvalue weighted by Gasteiger charge is -2.02. The van der Waals surface area contributed by atoms with Gasteiger partial charge in [0.2, 0.25) is 5.91 Å². The number of halogens is 1. The van der Waals surface area contributed by atoms with Gasteiger partial charge in [0, 0.05) is 17.1 Å². The second-order valence-corrected chi connectivity index (χ2v) is 5.79. The van der Waals surface area contributed by atoms with E-state index in [0.717, 1.165) is 36.0 Å². The van der Waals surface area contributed by atoms with Gasteiger partial charge in [0.1, 0.15) is 0 Å². The Balaban J connectivity index is 1.78. The van der Waals surface area contributed by atoms with Crippen LogP contribution in [-0.2, 0) is 17.8 Å². The molecule has 0 aliphatic heterocycles. The number of hydrogen-bond donors (Lipinski definition) is 2. The molecule has 1 aromatic heterocycles. The van der Waals surface area contributed by atoms with Crippen molar-refractivity contribution in [1.82, 2.24) is 15.3 Å². The van der Waals surface area contributed by atoms with Crippen LogP contribution in [0.2, 0.25) is 0 Å². The minimum Gasteiger partial charge on any atom is -0.289 e. The predicted octanol–water partition coefficient (Wildman–Crippen LogP) is 2.91. The quantitative estimate of drug-likeness (QED) is 0.457. The van der Waals surface area contributed by atoms with E-state index in [-0.39, 0.29) is 5.91 Å². The molecule has 0 spiro atoms. The van der Waals surface area contributed by atoms with Crippen molar-refractivity contribution in [3.63, 3.8) is 0 Å². The molecule has 2 N–H and O–H groups in total. The average molecular weight is 352 g/mol. The molecular formula is C15H18BrN3O2. The van der Waals surface area contributed by atoms with Crippen molar-refractivity contribution in [3.05, 3.63) is 52.3 Å². The van der Waals surface area contributed by atoms with Gasteiger partial charge in [0.15, 0.2) is 0 Å². The van der Waals surface area contributed by atoms with Crippen LogP contribution in [0.15, 0.2) is 41.0 Å². The molecule has 6 heteroatoms. The Morgan fingerprint density at radius 1 is 1.24 bits per heavy atom. The molecule has 21 heavy (non-hydrogen) atoms. The number of aromatic nitrogens is 2. The van der Waals surface area contributed by atoms with E-state index in [1.165, 1.54) is 5.56 Å². The Morgan fingerprint density at radius 3 is 2.71 bits per heavy atom. The molecule has 0 saturated carbocycles. The smallest absolute Gasteiger partial charge is 0.243 e. The fourth-order valence-electron chi connectivity index (χ4n) is 2.05. The third kappa shape index (κ3) is 5.32. The number of hydrogen-bond acceptors (Lipinski definition) is 3. The first-order chi connectivity index (χ1) is 10.2. The lowest BCUT2D eigenvalue weighted by molar-refractivity contribution is -0.129. The number of nitrogens with zero attached hydrogens (tertiary/aromatic N) is 2. The first kappa shape index (κ1) is 15.7. The summed E-state index contributed by atoms with van der Waals surface area (Å²) in [6.07, 6.45) is 4.77. The molecule has 1 amide bonds. The summed E-state index contributed by atoms with van der Waals surface area (Å²) in [6.45, 7) is 0.750. The number of benzene rings is 1. The number of rotatable bonds is 7. The van der Waals surface area contributed by atoms with E-state index < -0.39 is 0 Å². The third-order valence-electron chi connectivity index (χ3n) is 3.17. The van der Waals surface area contributed by atoms with Gasteiger partial charge in [-0.25, -0.2) is 5.48 Å². The van der Waals surface area contributed by atoms with Gasteiger partial charge in [-0.15, -0.1) is 0 Å². The SMILES string of the molecule is O=C(CCCCc1ccn(Cc2ccc(Br)cc2)n1)NO. The molecule has 1 heterocycles.